The maximum Gasteiger partial charge on any atom is 0.508 e. The Morgan fingerprint density at radius 1 is 0.851 bits per heavy atom. The van der Waals surface area contributed by atoms with Crippen molar-refractivity contribution >= 4 is 11.9 Å². The highest BCUT2D eigenvalue weighted by Gasteiger charge is 2.85. The SMILES string of the molecule is CCCCCCCCCCCCCCCCCCOC(=O)O[C@@H]1[C@@H](C)[C@@]2(O)[C@@H](C=C(CO)C[C@]3(O)C(=O)C(C)=C[C@@H]23)[C@H]2C(C)(C)[C@]12O. The molecular formula is C39H64O8. The van der Waals surface area contributed by atoms with E-state index in [4.69, 9.17) is 9.47 Å². The molecule has 0 spiro atoms. The summed E-state index contributed by atoms with van der Waals surface area (Å²) in [6.07, 6.45) is 21.4. The molecule has 0 aliphatic heterocycles. The number of aliphatic hydroxyl groups excluding tert-OH is 1. The van der Waals surface area contributed by atoms with Crippen LogP contribution in [0.1, 0.15) is 144 Å². The van der Waals surface area contributed by atoms with Crippen LogP contribution >= 0.6 is 0 Å². The zero-order valence-corrected chi connectivity index (χ0v) is 29.9. The van der Waals surface area contributed by atoms with Crippen molar-refractivity contribution in [2.24, 2.45) is 29.1 Å². The molecule has 0 saturated heterocycles. The molecule has 2 fully saturated rings. The van der Waals surface area contributed by atoms with Gasteiger partial charge in [-0.3, -0.25) is 4.79 Å². The molecule has 0 unspecified atom stereocenters. The third-order valence-corrected chi connectivity index (χ3v) is 12.4. The number of hydrogen-bond acceptors (Lipinski definition) is 8. The number of unbranched alkanes of at least 4 members (excludes halogenated alkanes) is 15. The third kappa shape index (κ3) is 7.41. The number of ketones is 1. The Morgan fingerprint density at radius 3 is 1.87 bits per heavy atom. The predicted octanol–water partition coefficient (Wildman–Crippen LogP) is 7.35. The Labute approximate surface area is 283 Å². The van der Waals surface area contributed by atoms with Crippen LogP contribution in [-0.2, 0) is 14.3 Å². The van der Waals surface area contributed by atoms with Gasteiger partial charge in [0, 0.05) is 35.5 Å². The molecule has 4 N–H and O–H groups in total. The molecular weight excluding hydrogens is 596 g/mol. The van der Waals surface area contributed by atoms with Crippen LogP contribution in [0.15, 0.2) is 23.3 Å². The average molecular weight is 661 g/mol. The number of carbonyl (C=O) groups excluding carboxylic acids is 2. The fourth-order valence-electron chi connectivity index (χ4n) is 9.55. The Kier molecular flexibility index (Phi) is 12.8. The first kappa shape index (κ1) is 38.1. The average Bonchev–Trinajstić information content (AvgIpc) is 3.43. The van der Waals surface area contributed by atoms with Gasteiger partial charge in [0.1, 0.15) is 17.3 Å². The van der Waals surface area contributed by atoms with Crippen LogP contribution in [0.25, 0.3) is 0 Å². The van der Waals surface area contributed by atoms with Gasteiger partial charge < -0.3 is 29.9 Å². The van der Waals surface area contributed by atoms with Crippen LogP contribution in [0.5, 0.6) is 0 Å². The molecule has 8 atom stereocenters. The number of hydrogen-bond donors (Lipinski definition) is 4. The van der Waals surface area contributed by atoms with Crippen LogP contribution in [-0.4, -0.2) is 68.5 Å². The summed E-state index contributed by atoms with van der Waals surface area (Å²) in [5, 5.41) is 46.4. The maximum atomic E-state index is 13.2. The minimum Gasteiger partial charge on any atom is -0.434 e. The Morgan fingerprint density at radius 2 is 1.36 bits per heavy atom. The van der Waals surface area contributed by atoms with Gasteiger partial charge in [-0.05, 0) is 24.5 Å². The van der Waals surface area contributed by atoms with Gasteiger partial charge in [-0.15, -0.1) is 0 Å². The molecule has 8 nitrogen and oxygen atoms in total. The zero-order chi connectivity index (χ0) is 34.5. The topological polar surface area (TPSA) is 134 Å². The molecule has 47 heavy (non-hydrogen) atoms. The smallest absolute Gasteiger partial charge is 0.434 e. The fourth-order valence-corrected chi connectivity index (χ4v) is 9.55. The second-order valence-electron chi connectivity index (χ2n) is 15.9. The highest BCUT2D eigenvalue weighted by Crippen LogP contribution is 2.75. The monoisotopic (exact) mass is 660 g/mol. The Hall–Kier alpha value is -1.74. The van der Waals surface area contributed by atoms with E-state index in [1.165, 1.54) is 83.5 Å². The summed E-state index contributed by atoms with van der Waals surface area (Å²) >= 11 is 0. The van der Waals surface area contributed by atoms with E-state index in [1.807, 2.05) is 13.8 Å². The van der Waals surface area contributed by atoms with Crippen LogP contribution in [0.4, 0.5) is 4.79 Å². The first-order valence-corrected chi connectivity index (χ1v) is 18.9. The zero-order valence-electron chi connectivity index (χ0n) is 29.9. The normalized spacial score (nSPS) is 35.3. The summed E-state index contributed by atoms with van der Waals surface area (Å²) in [4.78, 5) is 26.1. The minimum absolute atomic E-state index is 0.106. The summed E-state index contributed by atoms with van der Waals surface area (Å²) in [6, 6.07) is 0. The number of Topliss-reactive ketones (excluding diaryl/α,β-unsaturated/α-hetero) is 1. The summed E-state index contributed by atoms with van der Waals surface area (Å²) in [7, 11) is 0. The largest absolute Gasteiger partial charge is 0.508 e. The number of rotatable bonds is 19. The van der Waals surface area contributed by atoms with Crippen molar-refractivity contribution in [1.82, 2.24) is 0 Å². The van der Waals surface area contributed by atoms with Gasteiger partial charge in [0.25, 0.3) is 0 Å². The van der Waals surface area contributed by atoms with Crippen LogP contribution in [0.2, 0.25) is 0 Å². The van der Waals surface area contributed by atoms with E-state index in [-0.39, 0.29) is 19.6 Å². The summed E-state index contributed by atoms with van der Waals surface area (Å²) < 4.78 is 11.3. The van der Waals surface area contributed by atoms with Crippen molar-refractivity contribution in [3.8, 4) is 0 Å². The molecule has 2 saturated carbocycles. The van der Waals surface area contributed by atoms with Crippen molar-refractivity contribution in [2.45, 2.75) is 167 Å². The molecule has 0 heterocycles. The van der Waals surface area contributed by atoms with E-state index < -0.39 is 63.9 Å². The number of carbonyl (C=O) groups is 2. The molecule has 268 valence electrons. The van der Waals surface area contributed by atoms with E-state index in [1.54, 1.807) is 26.0 Å². The van der Waals surface area contributed by atoms with E-state index in [9.17, 15) is 30.0 Å². The van der Waals surface area contributed by atoms with Crippen molar-refractivity contribution < 1.29 is 39.5 Å². The molecule has 0 radical (unpaired) electrons. The van der Waals surface area contributed by atoms with Crippen LogP contribution in [0, 0.1) is 29.1 Å². The lowest BCUT2D eigenvalue weighted by atomic mass is 9.59. The molecule has 4 aliphatic rings. The molecule has 0 bridgehead atoms. The van der Waals surface area contributed by atoms with Crippen LogP contribution < -0.4 is 0 Å². The standard InChI is InChI=1S/C39H64O8/c1-6-7-8-9-10-11-12-13-14-15-16-17-18-19-20-21-22-46-35(42)47-34-28(3)38(44)30(32-36(4,5)39(32,34)45)24-29(26-40)25-37(43)31(38)23-27(2)33(37)41/h23-24,28,30-32,34,40,43-45H,6-22,25-26H2,1-5H3/t28-,30+,31-,32+,34-,37-,38-,39-/m1/s1. The quantitative estimate of drug-likeness (QED) is 0.0642. The highest BCUT2D eigenvalue weighted by atomic mass is 16.7. The Bertz CT molecular complexity index is 1140. The van der Waals surface area contributed by atoms with E-state index >= 15 is 0 Å². The molecule has 0 aromatic carbocycles. The van der Waals surface area contributed by atoms with Crippen molar-refractivity contribution in [1.29, 1.82) is 0 Å². The maximum absolute atomic E-state index is 13.2. The van der Waals surface area contributed by atoms with Gasteiger partial charge >= 0.3 is 6.16 Å². The number of ether oxygens (including phenoxy) is 2. The van der Waals surface area contributed by atoms with E-state index in [2.05, 4.69) is 6.92 Å². The number of fused-ring (bicyclic) bond motifs is 5. The van der Waals surface area contributed by atoms with E-state index in [0.717, 1.165) is 19.3 Å². The number of aliphatic hydroxyl groups is 4. The Balaban J connectivity index is 1.22. The third-order valence-electron chi connectivity index (χ3n) is 12.4. The molecule has 4 aliphatic carbocycles. The molecule has 0 aromatic rings. The lowest BCUT2D eigenvalue weighted by Gasteiger charge is -2.52. The highest BCUT2D eigenvalue weighted by molar-refractivity contribution is 6.04. The molecule has 0 amide bonds. The van der Waals surface area contributed by atoms with Crippen molar-refractivity contribution in [3.05, 3.63) is 23.3 Å². The second kappa shape index (κ2) is 15.9. The van der Waals surface area contributed by atoms with Crippen LogP contribution in [0.3, 0.4) is 0 Å². The van der Waals surface area contributed by atoms with Gasteiger partial charge in [0.15, 0.2) is 5.78 Å². The fraction of sp³-hybridized carbons (Fsp3) is 0.846. The van der Waals surface area contributed by atoms with Gasteiger partial charge in [-0.2, -0.15) is 0 Å². The first-order chi connectivity index (χ1) is 22.3. The van der Waals surface area contributed by atoms with Crippen molar-refractivity contribution in [3.63, 3.8) is 0 Å². The molecule has 8 heteroatoms. The second-order valence-corrected chi connectivity index (χ2v) is 15.9. The van der Waals surface area contributed by atoms with E-state index in [0.29, 0.717) is 11.1 Å². The van der Waals surface area contributed by atoms with Gasteiger partial charge in [-0.25, -0.2) is 4.79 Å². The molecule has 0 aromatic heterocycles. The van der Waals surface area contributed by atoms with Gasteiger partial charge in [-0.1, -0.05) is 136 Å². The lowest BCUT2D eigenvalue weighted by Crippen LogP contribution is -2.65. The minimum atomic E-state index is -1.93. The first-order valence-electron chi connectivity index (χ1n) is 18.9. The van der Waals surface area contributed by atoms with Gasteiger partial charge in [0.2, 0.25) is 0 Å². The summed E-state index contributed by atoms with van der Waals surface area (Å²) in [5.41, 5.74) is -5.04. The predicted molar refractivity (Wildman–Crippen MR) is 183 cm³/mol. The van der Waals surface area contributed by atoms with Gasteiger partial charge in [0.05, 0.1) is 18.8 Å². The summed E-state index contributed by atoms with van der Waals surface area (Å²) in [6.45, 7) is 9.17. The molecule has 4 rings (SSSR count). The lowest BCUT2D eigenvalue weighted by molar-refractivity contribution is -0.212. The van der Waals surface area contributed by atoms with Crippen molar-refractivity contribution in [2.75, 3.05) is 13.2 Å². The summed E-state index contributed by atoms with van der Waals surface area (Å²) in [5.74, 6) is -3.51.